The van der Waals surface area contributed by atoms with Crippen LogP contribution in [0.1, 0.15) is 12.0 Å². The van der Waals surface area contributed by atoms with Crippen LogP contribution in [0, 0.1) is 12.8 Å². The predicted octanol–water partition coefficient (Wildman–Crippen LogP) is 3.27. The molecule has 1 heterocycles. The van der Waals surface area contributed by atoms with Gasteiger partial charge in [-0.15, -0.1) is 11.8 Å². The molecule has 0 spiro atoms. The van der Waals surface area contributed by atoms with Crippen molar-refractivity contribution < 1.29 is 14.3 Å². The van der Waals surface area contributed by atoms with Gasteiger partial charge in [0, 0.05) is 23.5 Å². The lowest BCUT2D eigenvalue weighted by Crippen LogP contribution is -2.35. The van der Waals surface area contributed by atoms with Crippen LogP contribution in [0.4, 0.5) is 5.69 Å². The van der Waals surface area contributed by atoms with Crippen LogP contribution in [0.5, 0.6) is 5.75 Å². The Morgan fingerprint density at radius 3 is 2.85 bits per heavy atom. The molecule has 27 heavy (non-hydrogen) atoms. The molecule has 1 atom stereocenters. The van der Waals surface area contributed by atoms with Crippen LogP contribution in [-0.4, -0.2) is 37.8 Å². The second-order valence-electron chi connectivity index (χ2n) is 6.56. The lowest BCUT2D eigenvalue weighted by Gasteiger charge is -2.17. The van der Waals surface area contributed by atoms with Crippen molar-refractivity contribution in [1.82, 2.24) is 5.32 Å². The largest absolute Gasteiger partial charge is 0.492 e. The Hall–Kier alpha value is -2.47. The van der Waals surface area contributed by atoms with Gasteiger partial charge in [0.05, 0.1) is 12.5 Å². The van der Waals surface area contributed by atoms with Crippen LogP contribution in [-0.2, 0) is 9.59 Å². The monoisotopic (exact) mass is 384 g/mol. The average Bonchev–Trinajstić information content (AvgIpc) is 3.07. The molecule has 1 unspecified atom stereocenters. The first-order chi connectivity index (χ1) is 13.1. The quantitative estimate of drug-likeness (QED) is 0.588. The number of rotatable bonds is 7. The van der Waals surface area contributed by atoms with Gasteiger partial charge < -0.3 is 15.0 Å². The van der Waals surface area contributed by atoms with Crippen LogP contribution in [0.15, 0.2) is 53.4 Å². The van der Waals surface area contributed by atoms with E-state index in [0.29, 0.717) is 19.7 Å². The zero-order valence-corrected chi connectivity index (χ0v) is 16.4. The molecular formula is C21H24N2O3S. The van der Waals surface area contributed by atoms with E-state index < -0.39 is 0 Å². The van der Waals surface area contributed by atoms with Crippen molar-refractivity contribution in [3.05, 3.63) is 54.1 Å². The summed E-state index contributed by atoms with van der Waals surface area (Å²) < 4.78 is 5.64. The van der Waals surface area contributed by atoms with Crippen molar-refractivity contribution in [2.45, 2.75) is 18.2 Å². The van der Waals surface area contributed by atoms with Crippen molar-refractivity contribution in [2.75, 3.05) is 30.9 Å². The fourth-order valence-electron chi connectivity index (χ4n) is 3.10. The second kappa shape index (κ2) is 8.95. The van der Waals surface area contributed by atoms with Gasteiger partial charge in [-0.3, -0.25) is 9.59 Å². The van der Waals surface area contributed by atoms with Crippen LogP contribution < -0.4 is 15.0 Å². The highest BCUT2D eigenvalue weighted by atomic mass is 32.2. The molecule has 1 aliphatic rings. The van der Waals surface area contributed by atoms with E-state index in [9.17, 15) is 9.59 Å². The lowest BCUT2D eigenvalue weighted by atomic mass is 10.1. The zero-order valence-electron chi connectivity index (χ0n) is 15.6. The Balaban J connectivity index is 1.48. The average molecular weight is 385 g/mol. The van der Waals surface area contributed by atoms with Gasteiger partial charge in [-0.05, 0) is 49.1 Å². The summed E-state index contributed by atoms with van der Waals surface area (Å²) in [6, 6.07) is 15.6. The van der Waals surface area contributed by atoms with Crippen LogP contribution >= 0.6 is 11.8 Å². The van der Waals surface area contributed by atoms with E-state index >= 15 is 0 Å². The normalized spacial score (nSPS) is 16.4. The molecule has 6 heteroatoms. The van der Waals surface area contributed by atoms with Gasteiger partial charge in [0.1, 0.15) is 12.4 Å². The van der Waals surface area contributed by atoms with E-state index in [4.69, 9.17) is 4.74 Å². The molecule has 1 aliphatic heterocycles. The number of aryl methyl sites for hydroxylation is 1. The van der Waals surface area contributed by atoms with E-state index in [0.717, 1.165) is 21.9 Å². The van der Waals surface area contributed by atoms with Crippen LogP contribution in [0.2, 0.25) is 0 Å². The number of carbonyl (C=O) groups is 2. The summed E-state index contributed by atoms with van der Waals surface area (Å²) in [5.74, 6) is 0.360. The van der Waals surface area contributed by atoms with E-state index in [1.807, 2.05) is 61.7 Å². The van der Waals surface area contributed by atoms with Crippen molar-refractivity contribution >= 4 is 29.3 Å². The smallest absolute Gasteiger partial charge is 0.227 e. The van der Waals surface area contributed by atoms with E-state index in [1.54, 1.807) is 16.7 Å². The first kappa shape index (κ1) is 19.3. The van der Waals surface area contributed by atoms with E-state index in [1.165, 1.54) is 0 Å². The molecule has 0 bridgehead atoms. The zero-order chi connectivity index (χ0) is 19.2. The number of anilines is 1. The third-order valence-electron chi connectivity index (χ3n) is 4.52. The summed E-state index contributed by atoms with van der Waals surface area (Å²) in [7, 11) is 0. The maximum Gasteiger partial charge on any atom is 0.227 e. The molecule has 2 aromatic carbocycles. The minimum atomic E-state index is -0.325. The number of carbonyl (C=O) groups excluding carboxylic acids is 2. The van der Waals surface area contributed by atoms with Crippen molar-refractivity contribution in [1.29, 1.82) is 0 Å². The fraction of sp³-hybridized carbons (Fsp3) is 0.333. The number of amides is 2. The number of benzene rings is 2. The predicted molar refractivity (Wildman–Crippen MR) is 108 cm³/mol. The van der Waals surface area contributed by atoms with Gasteiger partial charge >= 0.3 is 0 Å². The highest BCUT2D eigenvalue weighted by Crippen LogP contribution is 2.28. The van der Waals surface area contributed by atoms with Crippen LogP contribution in [0.3, 0.4) is 0 Å². The summed E-state index contributed by atoms with van der Waals surface area (Å²) in [5.41, 5.74) is 1.98. The number of nitrogens with one attached hydrogen (secondary N) is 1. The Bertz CT molecular complexity index is 825. The number of hydrogen-bond acceptors (Lipinski definition) is 4. The molecule has 1 saturated heterocycles. The first-order valence-electron chi connectivity index (χ1n) is 8.98. The molecule has 142 valence electrons. The minimum absolute atomic E-state index is 0.00980. The van der Waals surface area contributed by atoms with Crippen molar-refractivity contribution in [2.24, 2.45) is 5.92 Å². The van der Waals surface area contributed by atoms with Gasteiger partial charge in [0.25, 0.3) is 0 Å². The van der Waals surface area contributed by atoms with Crippen LogP contribution in [0.25, 0.3) is 0 Å². The molecule has 0 radical (unpaired) electrons. The number of ether oxygens (including phenoxy) is 1. The Labute approximate surface area is 164 Å². The Kier molecular flexibility index (Phi) is 6.40. The summed E-state index contributed by atoms with van der Waals surface area (Å²) in [4.78, 5) is 27.6. The third kappa shape index (κ3) is 5.04. The highest BCUT2D eigenvalue weighted by molar-refractivity contribution is 7.98. The topological polar surface area (TPSA) is 58.6 Å². The Morgan fingerprint density at radius 2 is 2.07 bits per heavy atom. The summed E-state index contributed by atoms with van der Waals surface area (Å²) >= 11 is 1.63. The lowest BCUT2D eigenvalue weighted by molar-refractivity contribution is -0.126. The minimum Gasteiger partial charge on any atom is -0.492 e. The van der Waals surface area contributed by atoms with Gasteiger partial charge in [0.2, 0.25) is 11.8 Å². The van der Waals surface area contributed by atoms with Gasteiger partial charge in [-0.2, -0.15) is 0 Å². The van der Waals surface area contributed by atoms with Gasteiger partial charge in [0.15, 0.2) is 0 Å². The molecule has 1 N–H and O–H groups in total. The van der Waals surface area contributed by atoms with Crippen molar-refractivity contribution in [3.63, 3.8) is 0 Å². The summed E-state index contributed by atoms with van der Waals surface area (Å²) in [5, 5.41) is 2.88. The first-order valence-corrected chi connectivity index (χ1v) is 10.2. The maximum atomic E-state index is 12.4. The maximum absolute atomic E-state index is 12.4. The summed E-state index contributed by atoms with van der Waals surface area (Å²) in [6.45, 7) is 3.24. The van der Waals surface area contributed by atoms with Gasteiger partial charge in [-0.1, -0.05) is 18.2 Å². The molecular weight excluding hydrogens is 360 g/mol. The summed E-state index contributed by atoms with van der Waals surface area (Å²) in [6.07, 6.45) is 2.24. The third-order valence-corrected chi connectivity index (χ3v) is 5.25. The van der Waals surface area contributed by atoms with Crippen molar-refractivity contribution in [3.8, 4) is 5.75 Å². The molecule has 2 aromatic rings. The molecule has 3 rings (SSSR count). The SMILES string of the molecule is CSc1cccc(N2CC(C(=O)NCCOc3cccc(C)c3)CC2=O)c1. The number of hydrogen-bond donors (Lipinski definition) is 1. The van der Waals surface area contributed by atoms with E-state index in [2.05, 4.69) is 5.32 Å². The fourth-order valence-corrected chi connectivity index (χ4v) is 3.56. The molecule has 2 amide bonds. The number of thioether (sulfide) groups is 1. The van der Waals surface area contributed by atoms with E-state index in [-0.39, 0.29) is 24.2 Å². The second-order valence-corrected chi connectivity index (χ2v) is 7.44. The highest BCUT2D eigenvalue weighted by Gasteiger charge is 2.35. The molecule has 5 nitrogen and oxygen atoms in total. The molecule has 0 saturated carbocycles. The molecule has 0 aliphatic carbocycles. The molecule has 0 aromatic heterocycles. The van der Waals surface area contributed by atoms with Gasteiger partial charge in [-0.25, -0.2) is 0 Å². The Morgan fingerprint density at radius 1 is 1.26 bits per heavy atom. The molecule has 1 fully saturated rings. The standard InChI is InChI=1S/C21H24N2O3S/c1-15-5-3-7-18(11-15)26-10-9-22-21(25)16-12-20(24)23(14-16)17-6-4-8-19(13-17)27-2/h3-8,11,13,16H,9-10,12,14H2,1-2H3,(H,22,25). The number of nitrogens with zero attached hydrogens (tertiary/aromatic N) is 1.